The molecular weight excluding hydrogens is 454 g/mol. The fourth-order valence-electron chi connectivity index (χ4n) is 3.03. The number of anilines is 1. The number of sulfonamides is 1. The molecule has 0 spiro atoms. The average molecular weight is 470 g/mol. The van der Waals surface area contributed by atoms with Gasteiger partial charge in [0, 0.05) is 11.8 Å². The first-order valence-electron chi connectivity index (χ1n) is 9.38. The van der Waals surface area contributed by atoms with Crippen molar-refractivity contribution < 1.29 is 26.7 Å². The van der Waals surface area contributed by atoms with Gasteiger partial charge < -0.3 is 9.47 Å². The van der Waals surface area contributed by atoms with Crippen LogP contribution >= 0.6 is 0 Å². The maximum Gasteiger partial charge on any atom is 0.265 e. The van der Waals surface area contributed by atoms with Crippen molar-refractivity contribution in [3.05, 3.63) is 71.4 Å². The van der Waals surface area contributed by atoms with Gasteiger partial charge in [-0.25, -0.2) is 22.2 Å². The van der Waals surface area contributed by atoms with Gasteiger partial charge in [-0.05, 0) is 30.3 Å². The number of rotatable bonds is 5. The molecule has 33 heavy (non-hydrogen) atoms. The molecule has 2 aromatic carbocycles. The lowest BCUT2D eigenvalue weighted by Crippen LogP contribution is -2.15. The van der Waals surface area contributed by atoms with E-state index >= 15 is 4.39 Å². The molecule has 11 heteroatoms. The second-order valence-electron chi connectivity index (χ2n) is 6.64. The van der Waals surface area contributed by atoms with Gasteiger partial charge in [-0.3, -0.25) is 9.82 Å². The zero-order valence-electron chi connectivity index (χ0n) is 17.3. The summed E-state index contributed by atoms with van der Waals surface area (Å²) in [6.45, 7) is 0. The number of nitrogens with zero attached hydrogens (tertiary/aromatic N) is 2. The molecule has 2 heterocycles. The van der Waals surface area contributed by atoms with Crippen molar-refractivity contribution in [1.82, 2.24) is 15.2 Å². The number of aromatic nitrogens is 3. The Kier molecular flexibility index (Phi) is 5.85. The van der Waals surface area contributed by atoms with Crippen LogP contribution in [0.25, 0.3) is 11.0 Å². The molecule has 0 saturated carbocycles. The summed E-state index contributed by atoms with van der Waals surface area (Å²) < 4.78 is 67.2. The summed E-state index contributed by atoms with van der Waals surface area (Å²) in [4.78, 5) is 3.93. The molecule has 0 amide bonds. The molecule has 0 aliphatic carbocycles. The minimum atomic E-state index is -4.22. The van der Waals surface area contributed by atoms with E-state index in [2.05, 4.69) is 31.7 Å². The Morgan fingerprint density at radius 2 is 1.85 bits per heavy atom. The largest absolute Gasteiger partial charge is 0.495 e. The van der Waals surface area contributed by atoms with E-state index in [-0.39, 0.29) is 10.6 Å². The number of nitrogens with one attached hydrogen (secondary N) is 2. The van der Waals surface area contributed by atoms with E-state index in [4.69, 9.17) is 9.47 Å². The minimum Gasteiger partial charge on any atom is -0.495 e. The summed E-state index contributed by atoms with van der Waals surface area (Å²) in [6, 6.07) is 9.34. The lowest BCUT2D eigenvalue weighted by molar-refractivity contribution is 0.401. The third-order valence-corrected chi connectivity index (χ3v) is 6.01. The highest BCUT2D eigenvalue weighted by Crippen LogP contribution is 2.28. The molecule has 4 aromatic rings. The van der Waals surface area contributed by atoms with Crippen LogP contribution in [0.2, 0.25) is 0 Å². The quantitative estimate of drug-likeness (QED) is 0.433. The van der Waals surface area contributed by atoms with Crippen molar-refractivity contribution >= 4 is 26.7 Å². The maximum absolute atomic E-state index is 15.0. The number of hydrogen-bond donors (Lipinski definition) is 2. The highest BCUT2D eigenvalue weighted by atomic mass is 32.2. The van der Waals surface area contributed by atoms with Gasteiger partial charge in [0.2, 0.25) is 5.88 Å². The minimum absolute atomic E-state index is 0.0742. The first-order chi connectivity index (χ1) is 15.8. The van der Waals surface area contributed by atoms with Crippen LogP contribution in [-0.2, 0) is 10.0 Å². The third kappa shape index (κ3) is 4.28. The SMILES string of the molecule is COc1ccccc1S(=O)(=O)Nc1ccc(F)c(C#Cc2cnc3[nH]nc(OC)c3c2)c1F. The van der Waals surface area contributed by atoms with Crippen molar-refractivity contribution in [2.24, 2.45) is 0 Å². The molecule has 0 aliphatic rings. The van der Waals surface area contributed by atoms with Crippen LogP contribution in [0.4, 0.5) is 14.5 Å². The Balaban J connectivity index is 1.70. The smallest absolute Gasteiger partial charge is 0.265 e. The Hall–Kier alpha value is -4.17. The highest BCUT2D eigenvalue weighted by molar-refractivity contribution is 7.92. The number of halogens is 2. The summed E-state index contributed by atoms with van der Waals surface area (Å²) in [5.41, 5.74) is -0.255. The molecule has 0 saturated heterocycles. The summed E-state index contributed by atoms with van der Waals surface area (Å²) in [7, 11) is -1.47. The lowest BCUT2D eigenvalue weighted by atomic mass is 10.1. The van der Waals surface area contributed by atoms with E-state index < -0.39 is 32.9 Å². The van der Waals surface area contributed by atoms with Gasteiger partial charge in [0.1, 0.15) is 16.5 Å². The number of pyridine rings is 1. The molecule has 2 aromatic heterocycles. The summed E-state index contributed by atoms with van der Waals surface area (Å²) in [6.07, 6.45) is 1.40. The molecular formula is C22H16F2N4O4S. The fraction of sp³-hybridized carbons (Fsp3) is 0.0909. The Morgan fingerprint density at radius 3 is 2.61 bits per heavy atom. The van der Waals surface area contributed by atoms with Gasteiger partial charge >= 0.3 is 0 Å². The highest BCUT2D eigenvalue weighted by Gasteiger charge is 2.22. The molecule has 168 valence electrons. The predicted molar refractivity (Wildman–Crippen MR) is 117 cm³/mol. The number of benzene rings is 2. The monoisotopic (exact) mass is 470 g/mol. The predicted octanol–water partition coefficient (Wildman–Crippen LogP) is 3.45. The molecule has 0 radical (unpaired) electrons. The van der Waals surface area contributed by atoms with Crippen LogP contribution in [0.1, 0.15) is 11.1 Å². The Bertz CT molecular complexity index is 1520. The van der Waals surface area contributed by atoms with Crippen molar-refractivity contribution in [1.29, 1.82) is 0 Å². The van der Waals surface area contributed by atoms with Gasteiger partial charge in [0.05, 0.1) is 30.9 Å². The summed E-state index contributed by atoms with van der Waals surface area (Å²) in [5.74, 6) is 3.30. The third-order valence-electron chi connectivity index (χ3n) is 4.60. The van der Waals surface area contributed by atoms with Crippen molar-refractivity contribution in [2.75, 3.05) is 18.9 Å². The molecule has 0 atom stereocenters. The Morgan fingerprint density at radius 1 is 1.06 bits per heavy atom. The van der Waals surface area contributed by atoms with Gasteiger partial charge in [0.15, 0.2) is 11.5 Å². The van der Waals surface area contributed by atoms with Crippen molar-refractivity contribution in [3.8, 4) is 23.5 Å². The number of fused-ring (bicyclic) bond motifs is 1. The molecule has 4 rings (SSSR count). The van der Waals surface area contributed by atoms with Crippen LogP contribution in [0.5, 0.6) is 11.6 Å². The average Bonchev–Trinajstić information content (AvgIpc) is 3.23. The number of methoxy groups -OCH3 is 2. The van der Waals surface area contributed by atoms with Crippen molar-refractivity contribution in [3.63, 3.8) is 0 Å². The second kappa shape index (κ2) is 8.76. The molecule has 2 N–H and O–H groups in total. The normalized spacial score (nSPS) is 11.0. The molecule has 0 bridgehead atoms. The molecule has 8 nitrogen and oxygen atoms in total. The first-order valence-corrected chi connectivity index (χ1v) is 10.9. The van der Waals surface area contributed by atoms with Crippen LogP contribution in [0, 0.1) is 23.5 Å². The van der Waals surface area contributed by atoms with E-state index in [0.29, 0.717) is 22.5 Å². The van der Waals surface area contributed by atoms with Crippen LogP contribution in [0.15, 0.2) is 53.6 Å². The number of aromatic amines is 1. The number of hydrogen-bond acceptors (Lipinski definition) is 6. The fourth-order valence-corrected chi connectivity index (χ4v) is 4.26. The maximum atomic E-state index is 15.0. The number of ether oxygens (including phenoxy) is 2. The van der Waals surface area contributed by atoms with E-state index in [0.717, 1.165) is 12.1 Å². The van der Waals surface area contributed by atoms with E-state index in [1.807, 2.05) is 0 Å². The van der Waals surface area contributed by atoms with Gasteiger partial charge in [-0.15, -0.1) is 5.10 Å². The topological polar surface area (TPSA) is 106 Å². The van der Waals surface area contributed by atoms with E-state index in [9.17, 15) is 12.8 Å². The lowest BCUT2D eigenvalue weighted by Gasteiger charge is -2.12. The second-order valence-corrected chi connectivity index (χ2v) is 8.29. The zero-order chi connectivity index (χ0) is 23.6. The summed E-state index contributed by atoms with van der Waals surface area (Å²) >= 11 is 0. The van der Waals surface area contributed by atoms with E-state index in [1.54, 1.807) is 12.1 Å². The summed E-state index contributed by atoms with van der Waals surface area (Å²) in [5, 5.41) is 7.16. The standard InChI is InChI=1S/C22H16F2N4O4S/c1-31-18-5-3-4-6-19(18)33(29,30)28-17-10-9-16(23)14(20(17)24)8-7-13-11-15-21(25-12-13)26-27-22(15)32-2/h3-6,9-12,28H,1-2H3,(H,25,26,27). The van der Waals surface area contributed by atoms with Crippen molar-refractivity contribution in [2.45, 2.75) is 4.90 Å². The van der Waals surface area contributed by atoms with Gasteiger partial charge in [-0.2, -0.15) is 0 Å². The number of para-hydroxylation sites is 1. The zero-order valence-corrected chi connectivity index (χ0v) is 18.1. The van der Waals surface area contributed by atoms with Crippen LogP contribution < -0.4 is 14.2 Å². The molecule has 0 aliphatic heterocycles. The Labute approximate surface area is 187 Å². The van der Waals surface area contributed by atoms with Gasteiger partial charge in [0.25, 0.3) is 10.0 Å². The van der Waals surface area contributed by atoms with Crippen LogP contribution in [0.3, 0.4) is 0 Å². The van der Waals surface area contributed by atoms with E-state index in [1.165, 1.54) is 38.6 Å². The first kappa shape index (κ1) is 22.0. The molecule has 0 unspecified atom stereocenters. The van der Waals surface area contributed by atoms with Gasteiger partial charge in [-0.1, -0.05) is 24.0 Å². The van der Waals surface area contributed by atoms with Crippen LogP contribution in [-0.4, -0.2) is 37.8 Å². The number of H-pyrrole nitrogens is 1. The molecule has 0 fully saturated rings.